The van der Waals surface area contributed by atoms with Crippen LogP contribution in [0.25, 0.3) is 0 Å². The molecule has 0 heterocycles. The summed E-state index contributed by atoms with van der Waals surface area (Å²) in [5.41, 5.74) is 0.666. The SMILES string of the molecule is CC(C)Oc1ccccc1NC(=O)NC1CCC(O)CC1. The molecule has 1 aliphatic carbocycles. The van der Waals surface area contributed by atoms with Crippen LogP contribution < -0.4 is 15.4 Å². The van der Waals surface area contributed by atoms with E-state index in [9.17, 15) is 9.90 Å². The summed E-state index contributed by atoms with van der Waals surface area (Å²) in [6.07, 6.45) is 2.97. The van der Waals surface area contributed by atoms with Crippen molar-refractivity contribution in [3.63, 3.8) is 0 Å². The third-order valence-electron chi connectivity index (χ3n) is 3.53. The standard InChI is InChI=1S/C16H24N2O3/c1-11(2)21-15-6-4-3-5-14(15)18-16(20)17-12-7-9-13(19)10-8-12/h3-6,11-13,19H,7-10H2,1-2H3,(H2,17,18,20). The molecule has 21 heavy (non-hydrogen) atoms. The molecule has 0 saturated heterocycles. The lowest BCUT2D eigenvalue weighted by Gasteiger charge is -2.26. The zero-order valence-electron chi connectivity index (χ0n) is 12.6. The van der Waals surface area contributed by atoms with E-state index < -0.39 is 0 Å². The molecule has 116 valence electrons. The lowest BCUT2D eigenvalue weighted by atomic mass is 9.93. The van der Waals surface area contributed by atoms with E-state index in [1.54, 1.807) is 0 Å². The Kier molecular flexibility index (Phi) is 5.44. The number of benzene rings is 1. The predicted octanol–water partition coefficient (Wildman–Crippen LogP) is 2.90. The number of urea groups is 1. The summed E-state index contributed by atoms with van der Waals surface area (Å²) >= 11 is 0. The average molecular weight is 292 g/mol. The monoisotopic (exact) mass is 292 g/mol. The summed E-state index contributed by atoms with van der Waals surface area (Å²) in [5, 5.41) is 15.3. The average Bonchev–Trinajstić information content (AvgIpc) is 2.43. The van der Waals surface area contributed by atoms with E-state index in [1.165, 1.54) is 0 Å². The molecule has 1 aromatic rings. The molecule has 1 aromatic carbocycles. The van der Waals surface area contributed by atoms with E-state index in [2.05, 4.69) is 10.6 Å². The highest BCUT2D eigenvalue weighted by molar-refractivity contribution is 5.91. The topological polar surface area (TPSA) is 70.6 Å². The zero-order chi connectivity index (χ0) is 15.2. The second-order valence-corrected chi connectivity index (χ2v) is 5.77. The summed E-state index contributed by atoms with van der Waals surface area (Å²) in [6, 6.07) is 7.31. The molecule has 0 atom stereocenters. The molecular formula is C16H24N2O3. The van der Waals surface area contributed by atoms with Gasteiger partial charge in [-0.15, -0.1) is 0 Å². The Hall–Kier alpha value is -1.75. The number of amides is 2. The number of hydrogen-bond donors (Lipinski definition) is 3. The summed E-state index contributed by atoms with van der Waals surface area (Å²) in [4.78, 5) is 12.1. The molecule has 0 bridgehead atoms. The van der Waals surface area contributed by atoms with Crippen molar-refractivity contribution in [1.82, 2.24) is 5.32 Å². The molecular weight excluding hydrogens is 268 g/mol. The van der Waals surface area contributed by atoms with Gasteiger partial charge in [0.1, 0.15) is 5.75 Å². The van der Waals surface area contributed by atoms with Gasteiger partial charge in [-0.05, 0) is 51.7 Å². The number of nitrogens with one attached hydrogen (secondary N) is 2. The number of rotatable bonds is 4. The van der Waals surface area contributed by atoms with Crippen LogP contribution in [0.15, 0.2) is 24.3 Å². The van der Waals surface area contributed by atoms with Gasteiger partial charge in [-0.2, -0.15) is 0 Å². The fraction of sp³-hybridized carbons (Fsp3) is 0.562. The molecule has 0 spiro atoms. The number of carbonyl (C=O) groups excluding carboxylic acids is 1. The second kappa shape index (κ2) is 7.31. The highest BCUT2D eigenvalue weighted by Crippen LogP contribution is 2.25. The maximum atomic E-state index is 12.1. The Labute approximate surface area is 125 Å². The normalized spacial score (nSPS) is 21.9. The van der Waals surface area contributed by atoms with Gasteiger partial charge in [0, 0.05) is 6.04 Å². The summed E-state index contributed by atoms with van der Waals surface area (Å²) in [5.74, 6) is 0.668. The van der Waals surface area contributed by atoms with Crippen molar-refractivity contribution in [1.29, 1.82) is 0 Å². The number of ether oxygens (including phenoxy) is 1. The molecule has 2 rings (SSSR count). The van der Waals surface area contributed by atoms with Gasteiger partial charge in [0.15, 0.2) is 0 Å². The minimum absolute atomic E-state index is 0.0517. The molecule has 2 amide bonds. The Morgan fingerprint density at radius 1 is 1.24 bits per heavy atom. The van der Waals surface area contributed by atoms with E-state index in [1.807, 2.05) is 38.1 Å². The van der Waals surface area contributed by atoms with Gasteiger partial charge in [0.25, 0.3) is 0 Å². The molecule has 5 nitrogen and oxygen atoms in total. The van der Waals surface area contributed by atoms with Crippen LogP contribution in [-0.2, 0) is 0 Å². The Balaban J connectivity index is 1.90. The molecule has 0 radical (unpaired) electrons. The quantitative estimate of drug-likeness (QED) is 0.799. The maximum absolute atomic E-state index is 12.1. The first-order valence-electron chi connectivity index (χ1n) is 7.56. The number of hydrogen-bond acceptors (Lipinski definition) is 3. The van der Waals surface area contributed by atoms with Crippen molar-refractivity contribution in [2.24, 2.45) is 0 Å². The summed E-state index contributed by atoms with van der Waals surface area (Å²) in [6.45, 7) is 3.90. The molecule has 0 aromatic heterocycles. The minimum atomic E-state index is -0.226. The fourth-order valence-electron chi connectivity index (χ4n) is 2.49. The largest absolute Gasteiger partial charge is 0.489 e. The van der Waals surface area contributed by atoms with Crippen LogP contribution in [0.3, 0.4) is 0 Å². The van der Waals surface area contributed by atoms with Crippen LogP contribution in [0.1, 0.15) is 39.5 Å². The molecule has 1 saturated carbocycles. The van der Waals surface area contributed by atoms with E-state index >= 15 is 0 Å². The lowest BCUT2D eigenvalue weighted by molar-refractivity contribution is 0.118. The molecule has 5 heteroatoms. The predicted molar refractivity (Wildman–Crippen MR) is 82.6 cm³/mol. The van der Waals surface area contributed by atoms with Crippen LogP contribution in [0.4, 0.5) is 10.5 Å². The van der Waals surface area contributed by atoms with Gasteiger partial charge in [-0.3, -0.25) is 0 Å². The van der Waals surface area contributed by atoms with Crippen molar-refractivity contribution in [3.8, 4) is 5.75 Å². The zero-order valence-corrected chi connectivity index (χ0v) is 12.6. The highest BCUT2D eigenvalue weighted by Gasteiger charge is 2.21. The second-order valence-electron chi connectivity index (χ2n) is 5.77. The Morgan fingerprint density at radius 3 is 2.57 bits per heavy atom. The summed E-state index contributed by atoms with van der Waals surface area (Å²) in [7, 11) is 0. The number of carbonyl (C=O) groups is 1. The number of anilines is 1. The molecule has 0 unspecified atom stereocenters. The minimum Gasteiger partial charge on any atom is -0.489 e. The fourth-order valence-corrected chi connectivity index (χ4v) is 2.49. The van der Waals surface area contributed by atoms with Gasteiger partial charge in [0.2, 0.25) is 0 Å². The number of para-hydroxylation sites is 2. The molecule has 1 fully saturated rings. The van der Waals surface area contributed by atoms with Crippen molar-refractivity contribution in [2.45, 2.75) is 57.8 Å². The van der Waals surface area contributed by atoms with Crippen molar-refractivity contribution in [2.75, 3.05) is 5.32 Å². The first-order valence-corrected chi connectivity index (χ1v) is 7.56. The van der Waals surface area contributed by atoms with E-state index in [0.29, 0.717) is 11.4 Å². The third-order valence-corrected chi connectivity index (χ3v) is 3.53. The van der Waals surface area contributed by atoms with Crippen molar-refractivity contribution >= 4 is 11.7 Å². The van der Waals surface area contributed by atoms with Gasteiger partial charge >= 0.3 is 6.03 Å². The first kappa shape index (κ1) is 15.6. The molecule has 1 aliphatic rings. The van der Waals surface area contributed by atoms with Gasteiger partial charge in [-0.1, -0.05) is 12.1 Å². The maximum Gasteiger partial charge on any atom is 0.319 e. The van der Waals surface area contributed by atoms with Gasteiger partial charge < -0.3 is 20.5 Å². The first-order chi connectivity index (χ1) is 10.0. The highest BCUT2D eigenvalue weighted by atomic mass is 16.5. The van der Waals surface area contributed by atoms with Crippen molar-refractivity contribution < 1.29 is 14.6 Å². The molecule has 0 aliphatic heterocycles. The third kappa shape index (κ3) is 4.93. The smallest absolute Gasteiger partial charge is 0.319 e. The van der Waals surface area contributed by atoms with E-state index in [0.717, 1.165) is 25.7 Å². The van der Waals surface area contributed by atoms with Gasteiger partial charge in [-0.25, -0.2) is 4.79 Å². The van der Waals surface area contributed by atoms with Crippen LogP contribution in [0, 0.1) is 0 Å². The van der Waals surface area contributed by atoms with Crippen LogP contribution in [0.2, 0.25) is 0 Å². The van der Waals surface area contributed by atoms with Gasteiger partial charge in [0.05, 0.1) is 17.9 Å². The Bertz CT molecular complexity index is 468. The molecule has 3 N–H and O–H groups in total. The van der Waals surface area contributed by atoms with E-state index in [4.69, 9.17) is 4.74 Å². The number of aliphatic hydroxyl groups is 1. The van der Waals surface area contributed by atoms with Crippen LogP contribution in [-0.4, -0.2) is 29.4 Å². The Morgan fingerprint density at radius 2 is 1.90 bits per heavy atom. The lowest BCUT2D eigenvalue weighted by Crippen LogP contribution is -2.40. The van der Waals surface area contributed by atoms with Crippen LogP contribution in [0.5, 0.6) is 5.75 Å². The van der Waals surface area contributed by atoms with E-state index in [-0.39, 0.29) is 24.3 Å². The van der Waals surface area contributed by atoms with Crippen molar-refractivity contribution in [3.05, 3.63) is 24.3 Å². The number of aliphatic hydroxyl groups excluding tert-OH is 1. The van der Waals surface area contributed by atoms with Crippen LogP contribution >= 0.6 is 0 Å². The summed E-state index contributed by atoms with van der Waals surface area (Å²) < 4.78 is 5.67.